The van der Waals surface area contributed by atoms with Crippen molar-refractivity contribution in [3.8, 4) is 0 Å². The van der Waals surface area contributed by atoms with E-state index < -0.39 is 0 Å². The second kappa shape index (κ2) is 2.77. The lowest BCUT2D eigenvalue weighted by atomic mass is 10.1. The van der Waals surface area contributed by atoms with E-state index in [1.807, 2.05) is 0 Å². The summed E-state index contributed by atoms with van der Waals surface area (Å²) in [6, 6.07) is 0. The molecule has 0 amide bonds. The van der Waals surface area contributed by atoms with Crippen molar-refractivity contribution in [3.05, 3.63) is 33.5 Å². The summed E-state index contributed by atoms with van der Waals surface area (Å²) in [6.07, 6.45) is 4.54. The second-order valence-electron chi connectivity index (χ2n) is 3.43. The molecule has 0 aromatic heterocycles. The minimum atomic E-state index is 0.983. The quantitative estimate of drug-likeness (QED) is 0.730. The fourth-order valence-electron chi connectivity index (χ4n) is 1.62. The Morgan fingerprint density at radius 1 is 1.42 bits per heavy atom. The molecule has 1 nitrogen and oxygen atoms in total. The zero-order valence-corrected chi connectivity index (χ0v) is 8.58. The molecule has 0 heterocycles. The summed E-state index contributed by atoms with van der Waals surface area (Å²) in [5.41, 5.74) is 10.7. The van der Waals surface area contributed by atoms with Gasteiger partial charge in [-0.1, -0.05) is 28.1 Å². The Labute approximate surface area is 81.2 Å². The summed E-state index contributed by atoms with van der Waals surface area (Å²) >= 11 is 3.59. The molecule has 0 radical (unpaired) electrons. The van der Waals surface area contributed by atoms with E-state index in [4.69, 9.17) is 5.73 Å². The highest BCUT2D eigenvalue weighted by molar-refractivity contribution is 9.12. The van der Waals surface area contributed by atoms with E-state index in [1.165, 1.54) is 27.6 Å². The van der Waals surface area contributed by atoms with Crippen LogP contribution in [0.15, 0.2) is 33.5 Å². The third-order valence-corrected chi connectivity index (χ3v) is 3.45. The maximum Gasteiger partial charge on any atom is 0.0263 e. The van der Waals surface area contributed by atoms with Crippen LogP contribution in [0, 0.1) is 0 Å². The Kier molecular flexibility index (Phi) is 1.87. The van der Waals surface area contributed by atoms with E-state index in [2.05, 4.69) is 22.5 Å². The van der Waals surface area contributed by atoms with E-state index in [-0.39, 0.29) is 0 Å². The van der Waals surface area contributed by atoms with Crippen molar-refractivity contribution in [2.24, 2.45) is 5.73 Å². The first kappa shape index (κ1) is 8.11. The van der Waals surface area contributed by atoms with Crippen molar-refractivity contribution in [2.75, 3.05) is 0 Å². The van der Waals surface area contributed by atoms with Crippen LogP contribution in [-0.4, -0.2) is 0 Å². The Morgan fingerprint density at radius 3 is 2.50 bits per heavy atom. The van der Waals surface area contributed by atoms with Gasteiger partial charge in [-0.15, -0.1) is 0 Å². The second-order valence-corrected chi connectivity index (χ2v) is 4.22. The number of allylic oxidation sites excluding steroid dienone is 5. The van der Waals surface area contributed by atoms with Crippen molar-refractivity contribution in [3.63, 3.8) is 0 Å². The highest BCUT2D eigenvalue weighted by atomic mass is 79.9. The molecule has 2 N–H and O–H groups in total. The molecule has 2 aliphatic carbocycles. The molecule has 1 saturated carbocycles. The standard InChI is InChI=1S/C10H12BrN/c1-6-3-2-4-7(6)10(11)8-5-9(8)12/h1-5,12H2/b10-7+. The van der Waals surface area contributed by atoms with Gasteiger partial charge in [0, 0.05) is 16.6 Å². The first-order valence-electron chi connectivity index (χ1n) is 4.25. The van der Waals surface area contributed by atoms with Gasteiger partial charge in [0.05, 0.1) is 0 Å². The third-order valence-electron chi connectivity index (χ3n) is 2.49. The van der Waals surface area contributed by atoms with E-state index >= 15 is 0 Å². The molecule has 2 aliphatic rings. The average Bonchev–Trinajstić information content (AvgIpc) is 2.59. The van der Waals surface area contributed by atoms with Gasteiger partial charge < -0.3 is 5.73 Å². The van der Waals surface area contributed by atoms with Gasteiger partial charge in [-0.05, 0) is 30.4 Å². The predicted molar refractivity (Wildman–Crippen MR) is 54.8 cm³/mol. The van der Waals surface area contributed by atoms with Gasteiger partial charge >= 0.3 is 0 Å². The van der Waals surface area contributed by atoms with E-state index in [9.17, 15) is 0 Å². The molecule has 0 saturated heterocycles. The van der Waals surface area contributed by atoms with E-state index in [0.29, 0.717) is 0 Å². The summed E-state index contributed by atoms with van der Waals surface area (Å²) in [7, 11) is 0. The van der Waals surface area contributed by atoms with Crippen LogP contribution in [0.5, 0.6) is 0 Å². The molecule has 2 rings (SSSR count). The van der Waals surface area contributed by atoms with Gasteiger partial charge in [-0.3, -0.25) is 0 Å². The van der Waals surface area contributed by atoms with Crippen LogP contribution in [0.4, 0.5) is 0 Å². The molecular formula is C10H12BrN. The van der Waals surface area contributed by atoms with Gasteiger partial charge in [0.2, 0.25) is 0 Å². The van der Waals surface area contributed by atoms with Crippen LogP contribution >= 0.6 is 15.9 Å². The van der Waals surface area contributed by atoms with Crippen molar-refractivity contribution in [1.82, 2.24) is 0 Å². The first-order chi connectivity index (χ1) is 5.70. The maximum atomic E-state index is 5.67. The van der Waals surface area contributed by atoms with Crippen LogP contribution in [-0.2, 0) is 0 Å². The number of halogens is 1. The lowest BCUT2D eigenvalue weighted by Crippen LogP contribution is -1.81. The Balaban J connectivity index is 2.30. The first-order valence-corrected chi connectivity index (χ1v) is 5.04. The van der Waals surface area contributed by atoms with Crippen LogP contribution in [0.25, 0.3) is 0 Å². The topological polar surface area (TPSA) is 26.0 Å². The maximum absolute atomic E-state index is 5.67. The van der Waals surface area contributed by atoms with Gasteiger partial charge in [0.25, 0.3) is 0 Å². The molecule has 0 atom stereocenters. The average molecular weight is 226 g/mol. The smallest absolute Gasteiger partial charge is 0.0263 e. The summed E-state index contributed by atoms with van der Waals surface area (Å²) < 4.78 is 1.22. The van der Waals surface area contributed by atoms with Crippen molar-refractivity contribution in [1.29, 1.82) is 0 Å². The molecule has 1 fully saturated rings. The van der Waals surface area contributed by atoms with Crippen LogP contribution in [0.3, 0.4) is 0 Å². The molecule has 0 aromatic rings. The molecule has 0 unspecified atom stereocenters. The fourth-order valence-corrected chi connectivity index (χ4v) is 2.49. The largest absolute Gasteiger partial charge is 0.402 e. The van der Waals surface area contributed by atoms with Crippen LogP contribution in [0.2, 0.25) is 0 Å². The summed E-state index contributed by atoms with van der Waals surface area (Å²) in [5.74, 6) is 0. The van der Waals surface area contributed by atoms with E-state index in [0.717, 1.165) is 25.0 Å². The molecule has 0 spiro atoms. The number of rotatable bonds is 1. The van der Waals surface area contributed by atoms with E-state index in [1.54, 1.807) is 0 Å². The van der Waals surface area contributed by atoms with Gasteiger partial charge in [-0.25, -0.2) is 0 Å². The Morgan fingerprint density at radius 2 is 2.08 bits per heavy atom. The molecule has 0 aromatic carbocycles. The number of nitrogens with two attached hydrogens (primary N) is 1. The van der Waals surface area contributed by atoms with Crippen LogP contribution in [0.1, 0.15) is 25.7 Å². The Hall–Kier alpha value is -0.500. The lowest BCUT2D eigenvalue weighted by molar-refractivity contribution is 0.933. The van der Waals surface area contributed by atoms with Crippen LogP contribution < -0.4 is 5.73 Å². The minimum absolute atomic E-state index is 0.983. The molecular weight excluding hydrogens is 214 g/mol. The zero-order valence-electron chi connectivity index (χ0n) is 6.99. The van der Waals surface area contributed by atoms with Gasteiger partial charge in [-0.2, -0.15) is 0 Å². The molecule has 0 bridgehead atoms. The molecule has 12 heavy (non-hydrogen) atoms. The fraction of sp³-hybridized carbons (Fsp3) is 0.400. The molecule has 2 heteroatoms. The zero-order chi connectivity index (χ0) is 8.72. The summed E-state index contributed by atoms with van der Waals surface area (Å²) in [6.45, 7) is 4.04. The number of hydrogen-bond donors (Lipinski definition) is 1. The number of hydrogen-bond acceptors (Lipinski definition) is 1. The molecule has 64 valence electrons. The highest BCUT2D eigenvalue weighted by Gasteiger charge is 2.25. The molecule has 0 aliphatic heterocycles. The van der Waals surface area contributed by atoms with Crippen molar-refractivity contribution >= 4 is 15.9 Å². The minimum Gasteiger partial charge on any atom is -0.402 e. The van der Waals surface area contributed by atoms with Crippen molar-refractivity contribution in [2.45, 2.75) is 25.7 Å². The predicted octanol–water partition coefficient (Wildman–Crippen LogP) is 2.99. The lowest BCUT2D eigenvalue weighted by Gasteiger charge is -2.00. The SMILES string of the molecule is C=C1CCC/C1=C(\Br)C1=C(N)C1. The Bertz CT molecular complexity index is 310. The normalized spacial score (nSPS) is 26.6. The summed E-state index contributed by atoms with van der Waals surface area (Å²) in [5, 5.41) is 0. The highest BCUT2D eigenvalue weighted by Crippen LogP contribution is 2.43. The monoisotopic (exact) mass is 225 g/mol. The summed E-state index contributed by atoms with van der Waals surface area (Å²) in [4.78, 5) is 0. The van der Waals surface area contributed by atoms with Gasteiger partial charge in [0.15, 0.2) is 0 Å². The van der Waals surface area contributed by atoms with Crippen molar-refractivity contribution < 1.29 is 0 Å². The van der Waals surface area contributed by atoms with Gasteiger partial charge in [0.1, 0.15) is 0 Å². The third kappa shape index (κ3) is 1.24.